The van der Waals surface area contributed by atoms with Gasteiger partial charge in [-0.3, -0.25) is 0 Å². The van der Waals surface area contributed by atoms with Gasteiger partial charge >= 0.3 is 7.25 Å². The largest absolute Gasteiger partial charge is 0.673 e. The molecule has 148 valence electrons. The van der Waals surface area contributed by atoms with Crippen molar-refractivity contribution in [1.29, 1.82) is 0 Å². The third kappa shape index (κ3) is 9.10. The minimum atomic E-state index is -6.00. The van der Waals surface area contributed by atoms with Gasteiger partial charge in [-0.2, -0.15) is 0 Å². The van der Waals surface area contributed by atoms with Crippen LogP contribution in [0.25, 0.3) is 0 Å². The maximum Gasteiger partial charge on any atom is 0.673 e. The van der Waals surface area contributed by atoms with E-state index in [1.807, 2.05) is 6.07 Å². The molecule has 1 nitrogen and oxygen atoms in total. The van der Waals surface area contributed by atoms with Gasteiger partial charge in [-0.05, 0) is 29.8 Å². The molecule has 0 saturated carbocycles. The molecule has 28 heavy (non-hydrogen) atoms. The Hall–Kier alpha value is -2.25. The van der Waals surface area contributed by atoms with Gasteiger partial charge in [0.25, 0.3) is 0 Å². The van der Waals surface area contributed by atoms with E-state index in [2.05, 4.69) is 84.9 Å². The zero-order valence-corrected chi connectivity index (χ0v) is 16.0. The molecular formula is C21H21BF4OS. The third-order valence-corrected chi connectivity index (χ3v) is 5.86. The molecular weight excluding hydrogens is 387 g/mol. The highest BCUT2D eigenvalue weighted by Gasteiger charge is 2.24. The van der Waals surface area contributed by atoms with Crippen molar-refractivity contribution >= 4 is 18.1 Å². The topological polar surface area (TPSA) is 9.23 Å². The Morgan fingerprint density at radius 3 is 1.46 bits per heavy atom. The number of ether oxygens (including phenoxy) is 1. The van der Waals surface area contributed by atoms with Crippen LogP contribution < -0.4 is 0 Å². The standard InChI is InChI=1S/C21H21OS.BF4/c1-4-10-19(11-5-1)18-22-16-17-23(20-12-6-2-7-13-20)21-14-8-3-9-15-21;2-1(3,4)5/h1-15H,16-18H2;/q+1;-1. The fraction of sp³-hybridized carbons (Fsp3) is 0.143. The highest BCUT2D eigenvalue weighted by molar-refractivity contribution is 7.97. The monoisotopic (exact) mass is 408 g/mol. The molecule has 0 aliphatic heterocycles. The molecule has 3 aromatic carbocycles. The first-order valence-electron chi connectivity index (χ1n) is 8.73. The summed E-state index contributed by atoms with van der Waals surface area (Å²) in [6.07, 6.45) is 0. The molecule has 0 atom stereocenters. The first kappa shape index (κ1) is 22.0. The van der Waals surface area contributed by atoms with Crippen molar-refractivity contribution < 1.29 is 22.0 Å². The number of hydrogen-bond acceptors (Lipinski definition) is 1. The number of benzene rings is 3. The fourth-order valence-corrected chi connectivity index (χ4v) is 4.45. The highest BCUT2D eigenvalue weighted by Crippen LogP contribution is 2.23. The lowest BCUT2D eigenvalue weighted by Gasteiger charge is -2.09. The van der Waals surface area contributed by atoms with Gasteiger partial charge in [0.2, 0.25) is 0 Å². The average Bonchev–Trinajstić information content (AvgIpc) is 2.69. The second kappa shape index (κ2) is 11.6. The summed E-state index contributed by atoms with van der Waals surface area (Å²) in [4.78, 5) is 2.75. The minimum Gasteiger partial charge on any atom is -0.418 e. The van der Waals surface area contributed by atoms with Gasteiger partial charge in [-0.25, -0.2) is 0 Å². The molecule has 0 fully saturated rings. The van der Waals surface area contributed by atoms with E-state index in [9.17, 15) is 17.3 Å². The van der Waals surface area contributed by atoms with Crippen LogP contribution in [0.4, 0.5) is 17.3 Å². The smallest absolute Gasteiger partial charge is 0.418 e. The minimum absolute atomic E-state index is 0.0659. The number of halogens is 4. The molecule has 7 heteroatoms. The Morgan fingerprint density at radius 2 is 1.04 bits per heavy atom. The molecule has 0 saturated heterocycles. The van der Waals surface area contributed by atoms with Gasteiger partial charge in [-0.1, -0.05) is 66.7 Å². The molecule has 0 aromatic heterocycles. The quantitative estimate of drug-likeness (QED) is 0.195. The summed E-state index contributed by atoms with van der Waals surface area (Å²) >= 11 is 0. The molecule has 0 amide bonds. The SMILES string of the molecule is F[B-](F)(F)F.c1ccc(COCC[S+](c2ccccc2)c2ccccc2)cc1. The molecule has 3 rings (SSSR count). The van der Waals surface area contributed by atoms with Crippen molar-refractivity contribution in [3.8, 4) is 0 Å². The van der Waals surface area contributed by atoms with Gasteiger partial charge in [-0.15, -0.1) is 0 Å². The molecule has 0 spiro atoms. The fourth-order valence-electron chi connectivity index (χ4n) is 2.45. The van der Waals surface area contributed by atoms with Crippen molar-refractivity contribution in [1.82, 2.24) is 0 Å². The third-order valence-electron chi connectivity index (χ3n) is 3.60. The zero-order chi connectivity index (χ0) is 20.2. The van der Waals surface area contributed by atoms with E-state index in [1.165, 1.54) is 15.4 Å². The van der Waals surface area contributed by atoms with Gasteiger partial charge in [0, 0.05) is 0 Å². The zero-order valence-electron chi connectivity index (χ0n) is 15.2. The van der Waals surface area contributed by atoms with Gasteiger partial charge in [0.05, 0.1) is 24.1 Å². The molecule has 0 unspecified atom stereocenters. The van der Waals surface area contributed by atoms with Crippen LogP contribution in [0.3, 0.4) is 0 Å². The number of rotatable bonds is 7. The van der Waals surface area contributed by atoms with Crippen molar-refractivity contribution in [2.45, 2.75) is 16.4 Å². The molecule has 0 aliphatic carbocycles. The van der Waals surface area contributed by atoms with Crippen LogP contribution in [0.1, 0.15) is 5.56 Å². The second-order valence-electron chi connectivity index (χ2n) is 5.75. The Balaban J connectivity index is 0.000000500. The van der Waals surface area contributed by atoms with Gasteiger partial charge in [0.15, 0.2) is 9.79 Å². The van der Waals surface area contributed by atoms with E-state index in [-0.39, 0.29) is 10.9 Å². The van der Waals surface area contributed by atoms with E-state index < -0.39 is 7.25 Å². The highest BCUT2D eigenvalue weighted by atomic mass is 32.2. The lowest BCUT2D eigenvalue weighted by molar-refractivity contribution is 0.136. The van der Waals surface area contributed by atoms with E-state index in [1.54, 1.807) is 0 Å². The summed E-state index contributed by atoms with van der Waals surface area (Å²) in [6, 6.07) is 31.8. The summed E-state index contributed by atoms with van der Waals surface area (Å²) in [5.41, 5.74) is 1.23. The van der Waals surface area contributed by atoms with Crippen molar-refractivity contribution in [2.75, 3.05) is 12.4 Å². The van der Waals surface area contributed by atoms with Crippen LogP contribution in [0.15, 0.2) is 101 Å². The Morgan fingerprint density at radius 1 is 0.643 bits per heavy atom. The van der Waals surface area contributed by atoms with Crippen LogP contribution in [0.5, 0.6) is 0 Å². The molecule has 0 radical (unpaired) electrons. The van der Waals surface area contributed by atoms with Crippen LogP contribution in [0, 0.1) is 0 Å². The van der Waals surface area contributed by atoms with Crippen LogP contribution in [0.2, 0.25) is 0 Å². The molecule has 0 heterocycles. The lowest BCUT2D eigenvalue weighted by Crippen LogP contribution is -2.14. The summed E-state index contributed by atoms with van der Waals surface area (Å²) in [6.45, 7) is 1.45. The Bertz CT molecular complexity index is 740. The van der Waals surface area contributed by atoms with Crippen molar-refractivity contribution in [3.63, 3.8) is 0 Å². The van der Waals surface area contributed by atoms with Crippen molar-refractivity contribution in [3.05, 3.63) is 96.6 Å². The van der Waals surface area contributed by atoms with Gasteiger partial charge < -0.3 is 22.0 Å². The van der Waals surface area contributed by atoms with Crippen LogP contribution in [-0.2, 0) is 22.2 Å². The second-order valence-corrected chi connectivity index (χ2v) is 7.89. The van der Waals surface area contributed by atoms with Crippen LogP contribution >= 0.6 is 0 Å². The number of hydrogen-bond donors (Lipinski definition) is 0. The predicted octanol–water partition coefficient (Wildman–Crippen LogP) is 6.24. The first-order valence-corrected chi connectivity index (χ1v) is 10.1. The summed E-state index contributed by atoms with van der Waals surface area (Å²) in [7, 11) is -5.93. The summed E-state index contributed by atoms with van der Waals surface area (Å²) in [5.74, 6) is 1.01. The van der Waals surface area contributed by atoms with Crippen molar-refractivity contribution in [2.24, 2.45) is 0 Å². The maximum atomic E-state index is 9.75. The molecule has 0 bridgehead atoms. The molecule has 0 aliphatic rings. The van der Waals surface area contributed by atoms with E-state index in [0.29, 0.717) is 6.61 Å². The van der Waals surface area contributed by atoms with E-state index in [0.717, 1.165) is 12.4 Å². The Labute approximate surface area is 165 Å². The normalized spacial score (nSPS) is 11.0. The summed E-state index contributed by atoms with van der Waals surface area (Å²) < 4.78 is 44.9. The first-order chi connectivity index (χ1) is 13.4. The van der Waals surface area contributed by atoms with E-state index in [4.69, 9.17) is 4.74 Å². The van der Waals surface area contributed by atoms with Gasteiger partial charge in [0.1, 0.15) is 5.75 Å². The lowest BCUT2D eigenvalue weighted by atomic mass is 10.2. The van der Waals surface area contributed by atoms with E-state index >= 15 is 0 Å². The Kier molecular flexibility index (Phi) is 9.11. The van der Waals surface area contributed by atoms with Crippen LogP contribution in [-0.4, -0.2) is 19.6 Å². The summed E-state index contributed by atoms with van der Waals surface area (Å²) in [5, 5.41) is 0. The maximum absolute atomic E-state index is 9.75. The predicted molar refractivity (Wildman–Crippen MR) is 108 cm³/mol. The molecule has 0 N–H and O–H groups in total. The average molecular weight is 408 g/mol. The molecule has 3 aromatic rings.